The van der Waals surface area contributed by atoms with Crippen molar-refractivity contribution in [1.29, 1.82) is 0 Å². The molecular weight excluding hydrogens is 229 g/mol. The zero-order valence-electron chi connectivity index (χ0n) is 11.2. The maximum Gasteiger partial charge on any atom is 0.126 e. The van der Waals surface area contributed by atoms with Crippen LogP contribution in [0.15, 0.2) is 23.8 Å². The molecule has 0 bridgehead atoms. The van der Waals surface area contributed by atoms with Crippen LogP contribution in [0.25, 0.3) is 0 Å². The third kappa shape index (κ3) is 2.56. The van der Waals surface area contributed by atoms with Crippen LogP contribution >= 0.6 is 0 Å². The van der Waals surface area contributed by atoms with E-state index in [-0.39, 0.29) is 5.82 Å². The molecule has 1 N–H and O–H groups in total. The first-order valence-electron chi connectivity index (χ1n) is 6.37. The quantitative estimate of drug-likeness (QED) is 0.813. The van der Waals surface area contributed by atoms with Crippen molar-refractivity contribution in [1.82, 2.24) is 0 Å². The monoisotopic (exact) mass is 249 g/mol. The van der Waals surface area contributed by atoms with Gasteiger partial charge in [0.2, 0.25) is 0 Å². The molecule has 0 aromatic heterocycles. The summed E-state index contributed by atoms with van der Waals surface area (Å²) in [6, 6.07) is 3.30. The summed E-state index contributed by atoms with van der Waals surface area (Å²) in [5, 5.41) is 9.79. The van der Waals surface area contributed by atoms with E-state index in [9.17, 15) is 9.50 Å². The zero-order chi connectivity index (χ0) is 13.3. The summed E-state index contributed by atoms with van der Waals surface area (Å²) in [6.07, 6.45) is 2.56. The van der Waals surface area contributed by atoms with Crippen LogP contribution in [0.5, 0.6) is 0 Å². The van der Waals surface area contributed by atoms with Crippen molar-refractivity contribution >= 4 is 5.69 Å². The van der Waals surface area contributed by atoms with Gasteiger partial charge in [-0.3, -0.25) is 0 Å². The number of anilines is 1. The van der Waals surface area contributed by atoms with E-state index in [1.54, 1.807) is 13.8 Å². The second-order valence-electron chi connectivity index (χ2n) is 5.08. The molecule has 2 rings (SSSR count). The van der Waals surface area contributed by atoms with Gasteiger partial charge in [-0.25, -0.2) is 4.39 Å². The highest BCUT2D eigenvalue weighted by molar-refractivity contribution is 5.57. The average molecular weight is 249 g/mol. The van der Waals surface area contributed by atoms with Gasteiger partial charge in [-0.05, 0) is 44.9 Å². The maximum atomic E-state index is 13.6. The molecule has 98 valence electrons. The molecule has 3 heteroatoms. The van der Waals surface area contributed by atoms with Crippen molar-refractivity contribution in [2.75, 3.05) is 18.0 Å². The third-order valence-corrected chi connectivity index (χ3v) is 3.53. The van der Waals surface area contributed by atoms with Crippen LogP contribution < -0.4 is 4.90 Å². The smallest absolute Gasteiger partial charge is 0.126 e. The van der Waals surface area contributed by atoms with E-state index in [4.69, 9.17) is 0 Å². The summed E-state index contributed by atoms with van der Waals surface area (Å²) >= 11 is 0. The summed E-state index contributed by atoms with van der Waals surface area (Å²) in [6.45, 7) is 7.32. The molecule has 1 aromatic rings. The molecule has 0 aliphatic carbocycles. The summed E-state index contributed by atoms with van der Waals surface area (Å²) in [5.41, 5.74) is 3.64. The highest BCUT2D eigenvalue weighted by atomic mass is 19.1. The van der Waals surface area contributed by atoms with Crippen molar-refractivity contribution < 1.29 is 9.50 Å². The highest BCUT2D eigenvalue weighted by Gasteiger charge is 2.18. The van der Waals surface area contributed by atoms with Gasteiger partial charge in [-0.2, -0.15) is 0 Å². The second-order valence-corrected chi connectivity index (χ2v) is 5.08. The Morgan fingerprint density at radius 2 is 2.06 bits per heavy atom. The molecule has 0 amide bonds. The number of rotatable bonds is 2. The standard InChI is InChI=1S/C15H20FNO/c1-10-4-6-17(7-5-10)15-8-11(2)14(16)9-13(15)12(3)18/h4,8-9,12,18H,5-7H2,1-3H3/t12-/m1/s1. The number of aryl methyl sites for hydroxylation is 1. The Hall–Kier alpha value is -1.35. The molecule has 0 spiro atoms. The number of aliphatic hydroxyl groups excluding tert-OH is 1. The van der Waals surface area contributed by atoms with Crippen molar-refractivity contribution in [3.05, 3.63) is 40.7 Å². The van der Waals surface area contributed by atoms with Crippen LogP contribution in [0, 0.1) is 12.7 Å². The molecule has 0 fully saturated rings. The third-order valence-electron chi connectivity index (χ3n) is 3.53. The molecule has 18 heavy (non-hydrogen) atoms. The lowest BCUT2D eigenvalue weighted by atomic mass is 10.0. The first kappa shape index (κ1) is 13.1. The van der Waals surface area contributed by atoms with E-state index < -0.39 is 6.10 Å². The molecule has 1 atom stereocenters. The van der Waals surface area contributed by atoms with E-state index in [2.05, 4.69) is 17.9 Å². The molecule has 1 heterocycles. The van der Waals surface area contributed by atoms with Crippen LogP contribution in [0.2, 0.25) is 0 Å². The zero-order valence-corrected chi connectivity index (χ0v) is 11.2. The van der Waals surface area contributed by atoms with E-state index in [1.807, 2.05) is 6.07 Å². The number of hydrogen-bond acceptors (Lipinski definition) is 2. The van der Waals surface area contributed by atoms with E-state index >= 15 is 0 Å². The van der Waals surface area contributed by atoms with Gasteiger partial charge < -0.3 is 10.0 Å². The van der Waals surface area contributed by atoms with Crippen LogP contribution in [-0.4, -0.2) is 18.2 Å². The maximum absolute atomic E-state index is 13.6. The van der Waals surface area contributed by atoms with Crippen LogP contribution in [0.1, 0.15) is 37.5 Å². The first-order valence-corrected chi connectivity index (χ1v) is 6.37. The SMILES string of the molecule is CC1=CCN(c2cc(C)c(F)cc2[C@@H](C)O)CC1. The predicted molar refractivity (Wildman–Crippen MR) is 72.4 cm³/mol. The average Bonchev–Trinajstić information content (AvgIpc) is 2.33. The number of halogens is 1. The molecule has 1 aromatic carbocycles. The summed E-state index contributed by atoms with van der Waals surface area (Å²) in [7, 11) is 0. The fraction of sp³-hybridized carbons (Fsp3) is 0.467. The lowest BCUT2D eigenvalue weighted by molar-refractivity contribution is 0.199. The van der Waals surface area contributed by atoms with Gasteiger partial charge in [0.25, 0.3) is 0 Å². The Balaban J connectivity index is 2.40. The van der Waals surface area contributed by atoms with Crippen molar-refractivity contribution in [3.8, 4) is 0 Å². The van der Waals surface area contributed by atoms with Gasteiger partial charge in [0.15, 0.2) is 0 Å². The fourth-order valence-electron chi connectivity index (χ4n) is 2.28. The minimum absolute atomic E-state index is 0.251. The number of aliphatic hydroxyl groups is 1. The molecule has 1 aliphatic rings. The van der Waals surface area contributed by atoms with E-state index in [1.165, 1.54) is 11.6 Å². The molecule has 0 unspecified atom stereocenters. The Morgan fingerprint density at radius 1 is 1.33 bits per heavy atom. The topological polar surface area (TPSA) is 23.5 Å². The lowest BCUT2D eigenvalue weighted by Crippen LogP contribution is -2.29. The van der Waals surface area contributed by atoms with Gasteiger partial charge >= 0.3 is 0 Å². The van der Waals surface area contributed by atoms with E-state index in [0.717, 1.165) is 25.2 Å². The fourth-order valence-corrected chi connectivity index (χ4v) is 2.28. The van der Waals surface area contributed by atoms with Crippen molar-refractivity contribution in [2.45, 2.75) is 33.3 Å². The summed E-state index contributed by atoms with van der Waals surface area (Å²) in [5.74, 6) is -0.251. The molecular formula is C15H20FNO. The van der Waals surface area contributed by atoms with Crippen molar-refractivity contribution in [2.24, 2.45) is 0 Å². The molecule has 2 nitrogen and oxygen atoms in total. The Morgan fingerprint density at radius 3 is 2.61 bits per heavy atom. The summed E-state index contributed by atoms with van der Waals surface area (Å²) in [4.78, 5) is 2.20. The van der Waals surface area contributed by atoms with Crippen LogP contribution in [-0.2, 0) is 0 Å². The van der Waals surface area contributed by atoms with Crippen LogP contribution in [0.3, 0.4) is 0 Å². The number of benzene rings is 1. The molecule has 0 radical (unpaired) electrons. The Labute approximate surface area is 108 Å². The Kier molecular flexibility index (Phi) is 3.71. The van der Waals surface area contributed by atoms with Gasteiger partial charge in [0, 0.05) is 24.3 Å². The van der Waals surface area contributed by atoms with Gasteiger partial charge in [0.1, 0.15) is 5.82 Å². The highest BCUT2D eigenvalue weighted by Crippen LogP contribution is 2.30. The van der Waals surface area contributed by atoms with E-state index in [0.29, 0.717) is 11.1 Å². The second kappa shape index (κ2) is 5.11. The van der Waals surface area contributed by atoms with Crippen LogP contribution in [0.4, 0.5) is 10.1 Å². The van der Waals surface area contributed by atoms with Gasteiger partial charge in [-0.15, -0.1) is 0 Å². The molecule has 0 saturated heterocycles. The predicted octanol–water partition coefficient (Wildman–Crippen LogP) is 3.34. The minimum Gasteiger partial charge on any atom is -0.389 e. The normalized spacial score (nSPS) is 17.6. The Bertz CT molecular complexity index is 480. The van der Waals surface area contributed by atoms with Crippen molar-refractivity contribution in [3.63, 3.8) is 0 Å². The van der Waals surface area contributed by atoms with Gasteiger partial charge in [-0.1, -0.05) is 11.6 Å². The lowest BCUT2D eigenvalue weighted by Gasteiger charge is -2.30. The molecule has 0 saturated carbocycles. The number of nitrogens with zero attached hydrogens (tertiary/aromatic N) is 1. The minimum atomic E-state index is -0.651. The number of hydrogen-bond donors (Lipinski definition) is 1. The molecule has 1 aliphatic heterocycles. The largest absolute Gasteiger partial charge is 0.389 e. The van der Waals surface area contributed by atoms with Gasteiger partial charge in [0.05, 0.1) is 6.10 Å². The summed E-state index contributed by atoms with van der Waals surface area (Å²) < 4.78 is 13.6. The first-order chi connectivity index (χ1) is 8.49.